The second-order valence-electron chi connectivity index (χ2n) is 6.69. The molecule has 1 N–H and O–H groups in total. The van der Waals surface area contributed by atoms with E-state index in [4.69, 9.17) is 9.47 Å². The predicted molar refractivity (Wildman–Crippen MR) is 124 cm³/mol. The van der Waals surface area contributed by atoms with Gasteiger partial charge in [-0.2, -0.15) is 0 Å². The maximum atomic E-state index is 12.4. The van der Waals surface area contributed by atoms with Gasteiger partial charge < -0.3 is 14.8 Å². The fourth-order valence-electron chi connectivity index (χ4n) is 3.21. The Hall–Kier alpha value is -3.58. The molecule has 4 rings (SSSR count). The first-order valence-electron chi connectivity index (χ1n) is 9.64. The van der Waals surface area contributed by atoms with Gasteiger partial charge in [-0.3, -0.25) is 4.79 Å². The van der Waals surface area contributed by atoms with Crippen molar-refractivity contribution in [2.24, 2.45) is 0 Å². The van der Waals surface area contributed by atoms with Crippen LogP contribution in [0.3, 0.4) is 0 Å². The lowest BCUT2D eigenvalue weighted by Gasteiger charge is -2.09. The molecule has 156 valence electrons. The number of nitrogens with zero attached hydrogens (tertiary/aromatic N) is 2. The van der Waals surface area contributed by atoms with Gasteiger partial charge in [-0.25, -0.2) is 0 Å². The van der Waals surface area contributed by atoms with Crippen molar-refractivity contribution in [3.63, 3.8) is 0 Å². The lowest BCUT2D eigenvalue weighted by Crippen LogP contribution is -2.14. The summed E-state index contributed by atoms with van der Waals surface area (Å²) in [4.78, 5) is 12.4. The number of nitrogens with one attached hydrogen (secondary N) is 1. The van der Waals surface area contributed by atoms with E-state index in [2.05, 4.69) is 15.5 Å². The van der Waals surface area contributed by atoms with Crippen LogP contribution < -0.4 is 14.8 Å². The Morgan fingerprint density at radius 1 is 0.903 bits per heavy atom. The number of hydrogen-bond acceptors (Lipinski definition) is 6. The Labute approximate surface area is 184 Å². The molecular weight excluding hydrogens is 410 g/mol. The number of carbonyl (C=O) groups excluding carboxylic acids is 1. The summed E-state index contributed by atoms with van der Waals surface area (Å²) in [5.74, 6) is 1.44. The van der Waals surface area contributed by atoms with Crippen LogP contribution in [0.25, 0.3) is 22.0 Å². The molecule has 0 saturated carbocycles. The standard InChI is InChI=1S/C24H21N3O3S/c1-29-21-12-10-17(14-22(21)30-2)19-11-13-24(27-26-19)31-15-23(28)25-20-9-5-7-16-6-3-4-8-18(16)20/h3-14H,15H2,1-2H3,(H,25,28). The zero-order valence-corrected chi connectivity index (χ0v) is 18.0. The molecule has 6 nitrogen and oxygen atoms in total. The van der Waals surface area contributed by atoms with E-state index in [1.54, 1.807) is 14.2 Å². The van der Waals surface area contributed by atoms with E-state index in [1.807, 2.05) is 72.8 Å². The quantitative estimate of drug-likeness (QED) is 0.413. The third-order valence-corrected chi connectivity index (χ3v) is 5.65. The molecule has 0 aliphatic rings. The van der Waals surface area contributed by atoms with E-state index < -0.39 is 0 Å². The van der Waals surface area contributed by atoms with Gasteiger partial charge >= 0.3 is 0 Å². The van der Waals surface area contributed by atoms with Crippen molar-refractivity contribution >= 4 is 34.1 Å². The van der Waals surface area contributed by atoms with Crippen LogP contribution in [0.4, 0.5) is 5.69 Å². The monoisotopic (exact) mass is 431 g/mol. The van der Waals surface area contributed by atoms with Crippen LogP contribution in [0.5, 0.6) is 11.5 Å². The number of benzene rings is 3. The maximum absolute atomic E-state index is 12.4. The number of carbonyl (C=O) groups is 1. The van der Waals surface area contributed by atoms with Crippen LogP contribution in [0.15, 0.2) is 77.8 Å². The number of aromatic nitrogens is 2. The molecule has 0 aliphatic carbocycles. The molecule has 0 spiro atoms. The molecule has 0 aliphatic heterocycles. The van der Waals surface area contributed by atoms with Gasteiger partial charge in [0.15, 0.2) is 11.5 Å². The topological polar surface area (TPSA) is 73.3 Å². The van der Waals surface area contributed by atoms with Crippen LogP contribution in [0, 0.1) is 0 Å². The van der Waals surface area contributed by atoms with Crippen LogP contribution >= 0.6 is 11.8 Å². The highest BCUT2D eigenvalue weighted by atomic mass is 32.2. The molecular formula is C24H21N3O3S. The van der Waals surface area contributed by atoms with Gasteiger partial charge in [0.2, 0.25) is 5.91 Å². The number of methoxy groups -OCH3 is 2. The summed E-state index contributed by atoms with van der Waals surface area (Å²) in [6.45, 7) is 0. The average molecular weight is 432 g/mol. The van der Waals surface area contributed by atoms with E-state index in [0.717, 1.165) is 22.0 Å². The largest absolute Gasteiger partial charge is 0.493 e. The molecule has 0 bridgehead atoms. The van der Waals surface area contributed by atoms with Gasteiger partial charge in [0.1, 0.15) is 5.03 Å². The van der Waals surface area contributed by atoms with E-state index in [0.29, 0.717) is 22.2 Å². The molecule has 0 unspecified atom stereocenters. The minimum Gasteiger partial charge on any atom is -0.493 e. The van der Waals surface area contributed by atoms with Crippen LogP contribution in [0.1, 0.15) is 0 Å². The third kappa shape index (κ3) is 4.78. The first-order valence-corrected chi connectivity index (χ1v) is 10.6. The van der Waals surface area contributed by atoms with E-state index in [-0.39, 0.29) is 11.7 Å². The van der Waals surface area contributed by atoms with Gasteiger partial charge in [0, 0.05) is 16.6 Å². The highest BCUT2D eigenvalue weighted by molar-refractivity contribution is 7.99. The molecule has 4 aromatic rings. The van der Waals surface area contributed by atoms with Gasteiger partial charge in [0.05, 0.1) is 25.7 Å². The molecule has 1 aromatic heterocycles. The molecule has 0 radical (unpaired) electrons. The zero-order valence-electron chi connectivity index (χ0n) is 17.2. The van der Waals surface area contributed by atoms with Gasteiger partial charge in [-0.05, 0) is 41.8 Å². The fraction of sp³-hybridized carbons (Fsp3) is 0.125. The number of fused-ring (bicyclic) bond motifs is 1. The van der Waals surface area contributed by atoms with Gasteiger partial charge in [0.25, 0.3) is 0 Å². The smallest absolute Gasteiger partial charge is 0.234 e. The van der Waals surface area contributed by atoms with Crippen molar-refractivity contribution in [3.8, 4) is 22.8 Å². The summed E-state index contributed by atoms with van der Waals surface area (Å²) in [5, 5.41) is 14.3. The number of ether oxygens (including phenoxy) is 2. The summed E-state index contributed by atoms with van der Waals surface area (Å²) in [6, 6.07) is 23.1. The first kappa shape index (κ1) is 20.7. The zero-order chi connectivity index (χ0) is 21.6. The van der Waals surface area contributed by atoms with Crippen molar-refractivity contribution in [2.45, 2.75) is 5.03 Å². The molecule has 0 atom stereocenters. The van der Waals surface area contributed by atoms with Crippen LogP contribution in [-0.4, -0.2) is 36.1 Å². The molecule has 3 aromatic carbocycles. The van der Waals surface area contributed by atoms with Gasteiger partial charge in [-0.15, -0.1) is 10.2 Å². The minimum atomic E-state index is -0.0906. The number of anilines is 1. The van der Waals surface area contributed by atoms with Gasteiger partial charge in [-0.1, -0.05) is 48.2 Å². The van der Waals surface area contributed by atoms with E-state index in [1.165, 1.54) is 11.8 Å². The number of thioether (sulfide) groups is 1. The summed E-state index contributed by atoms with van der Waals surface area (Å²) in [7, 11) is 3.19. The van der Waals surface area contributed by atoms with E-state index >= 15 is 0 Å². The summed E-state index contributed by atoms with van der Waals surface area (Å²) < 4.78 is 10.6. The molecule has 0 fully saturated rings. The lowest BCUT2D eigenvalue weighted by atomic mass is 10.1. The Balaban J connectivity index is 1.40. The minimum absolute atomic E-state index is 0.0906. The normalized spacial score (nSPS) is 10.6. The second kappa shape index (κ2) is 9.49. The third-order valence-electron chi connectivity index (χ3n) is 4.73. The second-order valence-corrected chi connectivity index (χ2v) is 7.69. The average Bonchev–Trinajstić information content (AvgIpc) is 2.83. The highest BCUT2D eigenvalue weighted by Crippen LogP contribution is 2.31. The van der Waals surface area contributed by atoms with Crippen molar-refractivity contribution in [2.75, 3.05) is 25.3 Å². The number of hydrogen-bond donors (Lipinski definition) is 1. The van der Waals surface area contributed by atoms with Crippen LogP contribution in [-0.2, 0) is 4.79 Å². The Morgan fingerprint density at radius 2 is 1.71 bits per heavy atom. The Bertz CT molecular complexity index is 1210. The molecule has 31 heavy (non-hydrogen) atoms. The van der Waals surface area contributed by atoms with E-state index in [9.17, 15) is 4.79 Å². The van der Waals surface area contributed by atoms with Crippen molar-refractivity contribution in [1.82, 2.24) is 10.2 Å². The Morgan fingerprint density at radius 3 is 2.48 bits per heavy atom. The number of amides is 1. The summed E-state index contributed by atoms with van der Waals surface area (Å²) in [6.07, 6.45) is 0. The summed E-state index contributed by atoms with van der Waals surface area (Å²) >= 11 is 1.34. The SMILES string of the molecule is COc1ccc(-c2ccc(SCC(=O)Nc3cccc4ccccc34)nn2)cc1OC. The van der Waals surface area contributed by atoms with Crippen molar-refractivity contribution in [3.05, 3.63) is 72.8 Å². The predicted octanol–water partition coefficient (Wildman–Crippen LogP) is 5.04. The lowest BCUT2D eigenvalue weighted by molar-refractivity contribution is -0.113. The van der Waals surface area contributed by atoms with Crippen molar-refractivity contribution in [1.29, 1.82) is 0 Å². The highest BCUT2D eigenvalue weighted by Gasteiger charge is 2.10. The van der Waals surface area contributed by atoms with Crippen LogP contribution in [0.2, 0.25) is 0 Å². The fourth-order valence-corrected chi connectivity index (χ4v) is 3.82. The Kier molecular flexibility index (Phi) is 6.33. The molecule has 7 heteroatoms. The number of rotatable bonds is 7. The molecule has 0 saturated heterocycles. The first-order chi connectivity index (χ1) is 15.2. The molecule has 1 amide bonds. The molecule has 1 heterocycles. The summed E-state index contributed by atoms with van der Waals surface area (Å²) in [5.41, 5.74) is 2.39. The van der Waals surface area contributed by atoms with Crippen molar-refractivity contribution < 1.29 is 14.3 Å². The maximum Gasteiger partial charge on any atom is 0.234 e.